The topological polar surface area (TPSA) is 126 Å². The van der Waals surface area contributed by atoms with Gasteiger partial charge in [-0.15, -0.1) is 0 Å². The maximum absolute atomic E-state index is 12.3. The quantitative estimate of drug-likeness (QED) is 0.659. The van der Waals surface area contributed by atoms with Gasteiger partial charge in [0.05, 0.1) is 6.54 Å². The Morgan fingerprint density at radius 2 is 2.04 bits per heavy atom. The molecule has 1 aliphatic carbocycles. The van der Waals surface area contributed by atoms with Crippen LogP contribution in [0.1, 0.15) is 29.9 Å². The van der Waals surface area contributed by atoms with Crippen molar-refractivity contribution in [3.63, 3.8) is 0 Å². The number of amides is 4. The number of imide groups is 1. The first-order valence-electron chi connectivity index (χ1n) is 8.37. The van der Waals surface area contributed by atoms with Crippen molar-refractivity contribution >= 4 is 17.8 Å². The minimum absolute atomic E-state index is 0.0387. The Hall–Kier alpha value is -3.23. The molecule has 1 aromatic carbocycles. The van der Waals surface area contributed by atoms with Gasteiger partial charge >= 0.3 is 17.8 Å². The molecule has 9 nitrogen and oxygen atoms in total. The van der Waals surface area contributed by atoms with E-state index in [1.807, 2.05) is 18.2 Å². The van der Waals surface area contributed by atoms with Gasteiger partial charge in [0.25, 0.3) is 5.91 Å². The molecule has 1 aliphatic heterocycles. The summed E-state index contributed by atoms with van der Waals surface area (Å²) in [5, 5.41) is 11.3. The minimum Gasteiger partial charge on any atom is -0.345 e. The van der Waals surface area contributed by atoms with Gasteiger partial charge in [-0.1, -0.05) is 48.3 Å². The van der Waals surface area contributed by atoms with E-state index in [1.54, 1.807) is 12.1 Å². The molecular weight excluding hydrogens is 338 g/mol. The smallest absolute Gasteiger partial charge is 0.322 e. The number of nitrogens with one attached hydrogen (secondary N) is 3. The molecule has 2 fully saturated rings. The van der Waals surface area contributed by atoms with Crippen LogP contribution in [0.15, 0.2) is 34.9 Å². The van der Waals surface area contributed by atoms with Gasteiger partial charge in [0.2, 0.25) is 5.82 Å². The number of hydrogen-bond acceptors (Lipinski definition) is 6. The van der Waals surface area contributed by atoms with Gasteiger partial charge in [0.1, 0.15) is 5.54 Å². The Balaban J connectivity index is 1.45. The van der Waals surface area contributed by atoms with Gasteiger partial charge < -0.3 is 15.2 Å². The number of rotatable bonds is 6. The first-order valence-corrected chi connectivity index (χ1v) is 8.37. The highest BCUT2D eigenvalue weighted by molar-refractivity contribution is 6.07. The molecule has 1 unspecified atom stereocenters. The van der Waals surface area contributed by atoms with Crippen LogP contribution >= 0.6 is 0 Å². The summed E-state index contributed by atoms with van der Waals surface area (Å²) in [5.74, 6) is -0.538. The molecule has 2 heterocycles. The molecule has 26 heavy (non-hydrogen) atoms. The van der Waals surface area contributed by atoms with E-state index in [0.29, 0.717) is 18.2 Å². The summed E-state index contributed by atoms with van der Waals surface area (Å²) in [5.41, 5.74) is -0.404. The number of urea groups is 1. The molecular formula is C17H17N5O4. The van der Waals surface area contributed by atoms with Gasteiger partial charge in [0.15, 0.2) is 0 Å². The molecule has 0 spiro atoms. The number of benzene rings is 1. The number of nitrogens with zero attached hydrogens (tertiary/aromatic N) is 2. The standard InChI is InChI=1S/C17H17N5O4/c23-13(14-19-12(22-26-14)11-4-2-1-3-5-11)18-9-17(8-10-6-7-10)15(24)20-16(25)21-17/h1-5,10H,6-9H2,(H,18,23)(H2,20,21,24,25). The predicted octanol–water partition coefficient (Wildman–Crippen LogP) is 0.845. The van der Waals surface area contributed by atoms with Gasteiger partial charge in [-0.05, 0) is 12.3 Å². The van der Waals surface area contributed by atoms with Crippen LogP contribution in [0.4, 0.5) is 4.79 Å². The second-order valence-electron chi connectivity index (χ2n) is 6.61. The predicted molar refractivity (Wildman–Crippen MR) is 88.8 cm³/mol. The zero-order valence-corrected chi connectivity index (χ0v) is 13.8. The maximum Gasteiger partial charge on any atom is 0.322 e. The summed E-state index contributed by atoms with van der Waals surface area (Å²) in [4.78, 5) is 40.2. The second kappa shape index (κ2) is 6.25. The molecule has 3 N–H and O–H groups in total. The fourth-order valence-electron chi connectivity index (χ4n) is 3.01. The van der Waals surface area contributed by atoms with Crippen molar-refractivity contribution in [1.82, 2.24) is 26.1 Å². The fraction of sp³-hybridized carbons (Fsp3) is 0.353. The van der Waals surface area contributed by atoms with Crippen LogP contribution in [0, 0.1) is 5.92 Å². The molecule has 134 valence electrons. The van der Waals surface area contributed by atoms with E-state index in [9.17, 15) is 14.4 Å². The van der Waals surface area contributed by atoms with Crippen LogP contribution in [0.5, 0.6) is 0 Å². The SMILES string of the molecule is O=C1NC(=O)C(CNC(=O)c2nc(-c3ccccc3)no2)(CC2CC2)N1. The Labute approximate surface area is 148 Å². The first kappa shape index (κ1) is 16.2. The normalized spacial score (nSPS) is 22.0. The summed E-state index contributed by atoms with van der Waals surface area (Å²) in [6.07, 6.45) is 2.52. The van der Waals surface area contributed by atoms with E-state index in [1.165, 1.54) is 0 Å². The van der Waals surface area contributed by atoms with Crippen molar-refractivity contribution in [3.05, 3.63) is 36.2 Å². The van der Waals surface area contributed by atoms with Crippen molar-refractivity contribution in [2.45, 2.75) is 24.8 Å². The summed E-state index contributed by atoms with van der Waals surface area (Å²) < 4.78 is 5.01. The summed E-state index contributed by atoms with van der Waals surface area (Å²) >= 11 is 0. The Bertz CT molecular complexity index is 861. The van der Waals surface area contributed by atoms with Crippen molar-refractivity contribution in [2.24, 2.45) is 5.92 Å². The molecule has 1 atom stereocenters. The van der Waals surface area contributed by atoms with Crippen LogP contribution in [0.2, 0.25) is 0 Å². The number of carbonyl (C=O) groups excluding carboxylic acids is 3. The first-order chi connectivity index (χ1) is 12.6. The van der Waals surface area contributed by atoms with E-state index in [0.717, 1.165) is 18.4 Å². The lowest BCUT2D eigenvalue weighted by Gasteiger charge is -2.25. The monoisotopic (exact) mass is 355 g/mol. The average Bonchev–Trinajstić information content (AvgIpc) is 3.21. The lowest BCUT2D eigenvalue weighted by Crippen LogP contribution is -2.55. The van der Waals surface area contributed by atoms with Gasteiger partial charge in [-0.2, -0.15) is 4.98 Å². The highest BCUT2D eigenvalue weighted by atomic mass is 16.5. The van der Waals surface area contributed by atoms with E-state index in [-0.39, 0.29) is 12.4 Å². The third-order valence-electron chi connectivity index (χ3n) is 4.55. The van der Waals surface area contributed by atoms with Gasteiger partial charge in [0, 0.05) is 5.56 Å². The molecule has 1 aromatic heterocycles. The van der Waals surface area contributed by atoms with Crippen molar-refractivity contribution in [3.8, 4) is 11.4 Å². The number of hydrogen-bond donors (Lipinski definition) is 3. The fourth-order valence-corrected chi connectivity index (χ4v) is 3.01. The zero-order chi connectivity index (χ0) is 18.1. The third kappa shape index (κ3) is 3.15. The Kier molecular flexibility index (Phi) is 3.90. The zero-order valence-electron chi connectivity index (χ0n) is 13.8. The summed E-state index contributed by atoms with van der Waals surface area (Å²) in [7, 11) is 0. The molecule has 2 aliphatic rings. The number of carbonyl (C=O) groups is 3. The molecule has 4 amide bonds. The minimum atomic E-state index is -1.13. The van der Waals surface area contributed by atoms with Crippen LogP contribution in [0.3, 0.4) is 0 Å². The highest BCUT2D eigenvalue weighted by Crippen LogP contribution is 2.37. The van der Waals surface area contributed by atoms with E-state index >= 15 is 0 Å². The largest absolute Gasteiger partial charge is 0.345 e. The van der Waals surface area contributed by atoms with Crippen LogP contribution in [0.25, 0.3) is 11.4 Å². The molecule has 0 bridgehead atoms. The third-order valence-corrected chi connectivity index (χ3v) is 4.55. The van der Waals surface area contributed by atoms with E-state index < -0.39 is 23.4 Å². The molecule has 1 saturated carbocycles. The van der Waals surface area contributed by atoms with Gasteiger partial charge in [-0.3, -0.25) is 14.9 Å². The van der Waals surface area contributed by atoms with Crippen LogP contribution in [-0.2, 0) is 4.79 Å². The average molecular weight is 355 g/mol. The van der Waals surface area contributed by atoms with Crippen molar-refractivity contribution < 1.29 is 18.9 Å². The highest BCUT2D eigenvalue weighted by Gasteiger charge is 2.49. The lowest BCUT2D eigenvalue weighted by molar-refractivity contribution is -0.124. The van der Waals surface area contributed by atoms with Crippen LogP contribution < -0.4 is 16.0 Å². The molecule has 1 saturated heterocycles. The molecule has 4 rings (SSSR count). The summed E-state index contributed by atoms with van der Waals surface area (Å²) in [6, 6.07) is 8.57. The maximum atomic E-state index is 12.3. The molecule has 9 heteroatoms. The van der Waals surface area contributed by atoms with Gasteiger partial charge in [-0.25, -0.2) is 4.79 Å². The molecule has 0 radical (unpaired) electrons. The molecule has 2 aromatic rings. The van der Waals surface area contributed by atoms with Crippen LogP contribution in [-0.4, -0.2) is 40.1 Å². The van der Waals surface area contributed by atoms with Crippen molar-refractivity contribution in [2.75, 3.05) is 6.54 Å². The van der Waals surface area contributed by atoms with E-state index in [2.05, 4.69) is 26.1 Å². The number of aromatic nitrogens is 2. The second-order valence-corrected chi connectivity index (χ2v) is 6.61. The summed E-state index contributed by atoms with van der Waals surface area (Å²) in [6.45, 7) is -0.0387. The Morgan fingerprint density at radius 1 is 1.27 bits per heavy atom. The van der Waals surface area contributed by atoms with Crippen molar-refractivity contribution in [1.29, 1.82) is 0 Å². The lowest BCUT2D eigenvalue weighted by atomic mass is 9.92. The Morgan fingerprint density at radius 3 is 2.69 bits per heavy atom. The van der Waals surface area contributed by atoms with E-state index in [4.69, 9.17) is 4.52 Å².